The Morgan fingerprint density at radius 1 is 1.29 bits per heavy atom. The van der Waals surface area contributed by atoms with Gasteiger partial charge in [0.2, 0.25) is 0 Å². The Bertz CT molecular complexity index is 203. The molecule has 0 spiro atoms. The van der Waals surface area contributed by atoms with E-state index in [1.807, 2.05) is 6.42 Å². The van der Waals surface area contributed by atoms with E-state index in [0.717, 1.165) is 12.8 Å². The average molecular weight is 280 g/mol. The van der Waals surface area contributed by atoms with Gasteiger partial charge in [-0.15, -0.1) is 0 Å². The Hall–Kier alpha value is -1.31. The normalized spacial score (nSPS) is 6.65. The van der Waals surface area contributed by atoms with Gasteiger partial charge < -0.3 is 9.84 Å². The van der Waals surface area contributed by atoms with Crippen molar-refractivity contribution in [3.63, 3.8) is 0 Å². The van der Waals surface area contributed by atoms with E-state index >= 15 is 0 Å². The van der Waals surface area contributed by atoms with Gasteiger partial charge in [0.1, 0.15) is 0 Å². The molecular formula is C11H12FeO5. The molecule has 0 aliphatic carbocycles. The van der Waals surface area contributed by atoms with Crippen molar-refractivity contribution in [2.75, 3.05) is 7.11 Å². The zero-order valence-electron chi connectivity index (χ0n) is 9.25. The van der Waals surface area contributed by atoms with E-state index in [1.165, 1.54) is 13.2 Å². The molecule has 0 aliphatic heterocycles. The van der Waals surface area contributed by atoms with Gasteiger partial charge in [-0.05, 0) is 13.5 Å². The Kier molecular flexibility index (Phi) is 81.1. The van der Waals surface area contributed by atoms with Crippen LogP contribution in [0.2, 0.25) is 0 Å². The van der Waals surface area contributed by atoms with Crippen LogP contribution in [-0.2, 0) is 35.8 Å². The van der Waals surface area contributed by atoms with Crippen LogP contribution in [0.25, 0.3) is 0 Å². The summed E-state index contributed by atoms with van der Waals surface area (Å²) >= 11 is 0. The largest absolute Gasteiger partial charge is 2.00 e. The quantitative estimate of drug-likeness (QED) is 0.246. The first kappa shape index (κ1) is 29.6. The van der Waals surface area contributed by atoms with Crippen LogP contribution in [0.4, 0.5) is 0 Å². The molecule has 0 bridgehead atoms. The Morgan fingerprint density at radius 2 is 1.71 bits per heavy atom. The fraction of sp³-hybridized carbons (Fsp3) is 0.273. The fourth-order valence-corrected chi connectivity index (χ4v) is 0.499. The summed E-state index contributed by atoms with van der Waals surface area (Å²) in [6.45, 7) is 17.0. The predicted molar refractivity (Wildman–Crippen MR) is 50.6 cm³/mol. The molecule has 5 nitrogen and oxygen atoms in total. The smallest absolute Gasteiger partial charge is 2.00 e. The molecule has 0 fully saturated rings. The molecule has 0 aromatic carbocycles. The minimum atomic E-state index is -0.266. The maximum absolute atomic E-state index is 10.5. The molecule has 0 unspecified atom stereocenters. The molecule has 0 rings (SSSR count). The fourth-order valence-electron chi connectivity index (χ4n) is 0.499. The van der Waals surface area contributed by atoms with Crippen LogP contribution in [0.1, 0.15) is 12.8 Å². The zero-order valence-corrected chi connectivity index (χ0v) is 10.4. The number of ether oxygens (including phenoxy) is 1. The van der Waals surface area contributed by atoms with E-state index in [0.29, 0.717) is 0 Å². The van der Waals surface area contributed by atoms with Gasteiger partial charge in [0.05, 0.1) is 0 Å². The summed E-state index contributed by atoms with van der Waals surface area (Å²) in [5.41, 5.74) is 0. The molecule has 0 aliphatic rings. The van der Waals surface area contributed by atoms with Gasteiger partial charge in [0.25, 0.3) is 0 Å². The zero-order chi connectivity index (χ0) is 13.8. The summed E-state index contributed by atoms with van der Waals surface area (Å²) in [5, 5.41) is 10.5. The van der Waals surface area contributed by atoms with Crippen LogP contribution in [0, 0.1) is 26.4 Å². The maximum Gasteiger partial charge on any atom is 2.00 e. The molecule has 17 heavy (non-hydrogen) atoms. The molecule has 0 aromatic rings. The second-order valence-electron chi connectivity index (χ2n) is 1.78. The van der Waals surface area contributed by atoms with Crippen molar-refractivity contribution in [2.24, 2.45) is 0 Å². The van der Waals surface area contributed by atoms with Gasteiger partial charge >= 0.3 is 51.0 Å². The predicted octanol–water partition coefficient (Wildman–Crippen LogP) is 0.890. The van der Waals surface area contributed by atoms with Crippen LogP contribution in [-0.4, -0.2) is 7.11 Å². The Balaban J connectivity index is -0.0000000594. The number of hydrogen-bond acceptors (Lipinski definition) is 2. The summed E-state index contributed by atoms with van der Waals surface area (Å²) in [6.07, 6.45) is 6.70. The molecule has 6 heteroatoms. The first-order valence-corrected chi connectivity index (χ1v) is 3.78. The first-order valence-electron chi connectivity index (χ1n) is 3.78. The molecular weight excluding hydrogens is 268 g/mol. The van der Waals surface area contributed by atoms with Crippen LogP contribution >= 0.6 is 0 Å². The van der Waals surface area contributed by atoms with Crippen molar-refractivity contribution in [1.29, 1.82) is 0 Å². The maximum atomic E-state index is 10.5. The van der Waals surface area contributed by atoms with Gasteiger partial charge in [-0.25, -0.2) is 19.1 Å². The third kappa shape index (κ3) is 52.9. The van der Waals surface area contributed by atoms with Gasteiger partial charge in [-0.3, -0.25) is 0 Å². The van der Waals surface area contributed by atoms with Crippen molar-refractivity contribution in [1.82, 2.24) is 0 Å². The van der Waals surface area contributed by atoms with E-state index < -0.39 is 0 Å². The van der Waals surface area contributed by atoms with Crippen LogP contribution in [0.3, 0.4) is 0 Å². The van der Waals surface area contributed by atoms with Crippen molar-refractivity contribution in [2.45, 2.75) is 12.8 Å². The van der Waals surface area contributed by atoms with Crippen molar-refractivity contribution in [3.05, 3.63) is 51.0 Å². The second-order valence-corrected chi connectivity index (χ2v) is 1.78. The van der Waals surface area contributed by atoms with Crippen molar-refractivity contribution < 1.29 is 40.9 Å². The number of rotatable bonds is 5. The molecule has 0 saturated carbocycles. The molecule has 0 heterocycles. The SMILES string of the molecule is C=C[CH-]CC/C=C(/[O-])OC.[C-]#[O+].[C-]#[O+].[C-]#[O+].[Fe+2]. The van der Waals surface area contributed by atoms with Crippen LogP contribution in [0.5, 0.6) is 0 Å². The topological polar surface area (TPSA) is 92.0 Å². The molecule has 0 amide bonds. The molecule has 0 atom stereocenters. The van der Waals surface area contributed by atoms with Crippen LogP contribution in [0.15, 0.2) is 24.7 Å². The molecule has 94 valence electrons. The second kappa shape index (κ2) is 46.6. The van der Waals surface area contributed by atoms with E-state index in [2.05, 4.69) is 31.3 Å². The van der Waals surface area contributed by atoms with Gasteiger partial charge in [-0.1, -0.05) is 12.5 Å². The third-order valence-corrected chi connectivity index (χ3v) is 1.01. The Morgan fingerprint density at radius 3 is 2.00 bits per heavy atom. The summed E-state index contributed by atoms with van der Waals surface area (Å²) in [6, 6.07) is 0. The summed E-state index contributed by atoms with van der Waals surface area (Å²) in [5.74, 6) is -0.266. The minimum absolute atomic E-state index is 0. The summed E-state index contributed by atoms with van der Waals surface area (Å²) in [4.78, 5) is 0. The first-order chi connectivity index (χ1) is 7.81. The van der Waals surface area contributed by atoms with E-state index in [9.17, 15) is 5.11 Å². The number of hydrogen-bond donors (Lipinski definition) is 0. The van der Waals surface area contributed by atoms with E-state index in [1.54, 1.807) is 6.08 Å². The molecule has 0 radical (unpaired) electrons. The number of methoxy groups -OCH3 is 1. The summed E-state index contributed by atoms with van der Waals surface area (Å²) in [7, 11) is 1.37. The van der Waals surface area contributed by atoms with Gasteiger partial charge in [0, 0.05) is 5.95 Å². The number of allylic oxidation sites excluding steroid dienone is 2. The average Bonchev–Trinajstić information content (AvgIpc) is 2.41. The van der Waals surface area contributed by atoms with Crippen molar-refractivity contribution in [3.8, 4) is 0 Å². The van der Waals surface area contributed by atoms with Crippen molar-refractivity contribution >= 4 is 0 Å². The standard InChI is InChI=1S/C8H13O2.3CO.Fe/c1-3-4-5-6-7-8(9)10-2;3*1-2;/h3-4,7,9H,1,5-6H2,2H3;;;;/q-1;;;;+2/p-1/b8-7-;;;;. The molecule has 0 N–H and O–H groups in total. The van der Waals surface area contributed by atoms with Gasteiger partial charge in [-0.2, -0.15) is 0 Å². The van der Waals surface area contributed by atoms with Crippen LogP contribution < -0.4 is 5.11 Å². The Labute approximate surface area is 112 Å². The van der Waals surface area contributed by atoms with E-state index in [4.69, 9.17) is 14.0 Å². The monoisotopic (exact) mass is 280 g/mol. The summed E-state index contributed by atoms with van der Waals surface area (Å²) < 4.78 is 26.9. The molecule has 0 saturated heterocycles. The molecule has 0 aromatic heterocycles. The third-order valence-electron chi connectivity index (χ3n) is 1.01. The van der Waals surface area contributed by atoms with Gasteiger partial charge in [0.15, 0.2) is 0 Å². The van der Waals surface area contributed by atoms with E-state index in [-0.39, 0.29) is 23.0 Å². The number of unbranched alkanes of at least 4 members (excludes halogenated alkanes) is 2. The minimum Gasteiger partial charge on any atom is 2.00 e.